The Kier molecular flexibility index (Phi) is 3.65. The molecule has 0 aromatic carbocycles. The van der Waals surface area contributed by atoms with Crippen LogP contribution in [0.25, 0.3) is 0 Å². The molecule has 4 atom stereocenters. The predicted octanol–water partition coefficient (Wildman–Crippen LogP) is 2.75. The minimum Gasteiger partial charge on any atom is -0.393 e. The third-order valence-corrected chi connectivity index (χ3v) is 5.21. The van der Waals surface area contributed by atoms with Gasteiger partial charge >= 0.3 is 0 Å². The predicted molar refractivity (Wildman–Crippen MR) is 69.6 cm³/mol. The molecule has 0 unspecified atom stereocenters. The van der Waals surface area contributed by atoms with E-state index in [4.69, 9.17) is 0 Å². The minimum atomic E-state index is -0.212. The zero-order valence-corrected chi connectivity index (χ0v) is 11.3. The standard InChI is InChI=1S/C15H26O2/c1-10(2)12-6-7-15(3)13(12)8-11(9-16)4-5-14(15)17/h8,10,12-14,16-17H,4-7,9H2,1-3H3/t12-,13-,14+,15+/m0/s1. The largest absolute Gasteiger partial charge is 0.393 e. The molecule has 98 valence electrons. The Balaban J connectivity index is 2.33. The van der Waals surface area contributed by atoms with Gasteiger partial charge in [0.2, 0.25) is 0 Å². The molecule has 0 saturated heterocycles. The van der Waals surface area contributed by atoms with Crippen molar-refractivity contribution >= 4 is 0 Å². The average molecular weight is 238 g/mol. The first-order valence-electron chi connectivity index (χ1n) is 6.97. The molecule has 2 heteroatoms. The van der Waals surface area contributed by atoms with E-state index in [1.807, 2.05) is 0 Å². The SMILES string of the molecule is CC(C)[C@@H]1CC[C@@]2(C)[C@H](O)CCC(CO)=C[C@@H]12. The van der Waals surface area contributed by atoms with Crippen LogP contribution in [0.15, 0.2) is 11.6 Å². The maximum absolute atomic E-state index is 10.4. The van der Waals surface area contributed by atoms with E-state index in [0.29, 0.717) is 17.8 Å². The van der Waals surface area contributed by atoms with Gasteiger partial charge in [-0.15, -0.1) is 0 Å². The van der Waals surface area contributed by atoms with Gasteiger partial charge in [0.1, 0.15) is 0 Å². The van der Waals surface area contributed by atoms with E-state index >= 15 is 0 Å². The minimum absolute atomic E-state index is 0.0336. The molecule has 2 aliphatic rings. The van der Waals surface area contributed by atoms with E-state index in [2.05, 4.69) is 26.8 Å². The van der Waals surface area contributed by atoms with Gasteiger partial charge in [-0.05, 0) is 49.0 Å². The van der Waals surface area contributed by atoms with Crippen molar-refractivity contribution in [2.24, 2.45) is 23.2 Å². The number of aliphatic hydroxyl groups excluding tert-OH is 2. The van der Waals surface area contributed by atoms with Crippen molar-refractivity contribution in [2.45, 2.75) is 52.6 Å². The molecule has 0 spiro atoms. The van der Waals surface area contributed by atoms with Crippen molar-refractivity contribution in [3.63, 3.8) is 0 Å². The van der Waals surface area contributed by atoms with E-state index in [0.717, 1.165) is 24.8 Å². The first kappa shape index (κ1) is 13.1. The van der Waals surface area contributed by atoms with Crippen molar-refractivity contribution < 1.29 is 10.2 Å². The molecule has 0 aliphatic heterocycles. The average Bonchev–Trinajstić information content (AvgIpc) is 2.57. The Morgan fingerprint density at radius 2 is 2.12 bits per heavy atom. The van der Waals surface area contributed by atoms with Gasteiger partial charge < -0.3 is 10.2 Å². The maximum Gasteiger partial charge on any atom is 0.0641 e. The normalized spacial score (nSPS) is 42.2. The molecular weight excluding hydrogens is 212 g/mol. The molecular formula is C15H26O2. The summed E-state index contributed by atoms with van der Waals surface area (Å²) in [6.07, 6.45) is 6.07. The van der Waals surface area contributed by atoms with Crippen LogP contribution in [0, 0.1) is 23.2 Å². The third kappa shape index (κ3) is 2.17. The Bertz CT molecular complexity index is 308. The highest BCUT2D eigenvalue weighted by Crippen LogP contribution is 2.54. The highest BCUT2D eigenvalue weighted by atomic mass is 16.3. The molecule has 2 nitrogen and oxygen atoms in total. The number of hydrogen-bond donors (Lipinski definition) is 2. The fourth-order valence-electron chi connectivity index (χ4n) is 3.88. The molecule has 17 heavy (non-hydrogen) atoms. The maximum atomic E-state index is 10.4. The van der Waals surface area contributed by atoms with Crippen LogP contribution in [-0.4, -0.2) is 22.9 Å². The summed E-state index contributed by atoms with van der Waals surface area (Å²) in [6.45, 7) is 6.95. The molecule has 2 N–H and O–H groups in total. The quantitative estimate of drug-likeness (QED) is 0.726. The topological polar surface area (TPSA) is 40.5 Å². The van der Waals surface area contributed by atoms with Crippen LogP contribution in [0.3, 0.4) is 0 Å². The molecule has 0 aromatic heterocycles. The van der Waals surface area contributed by atoms with Gasteiger partial charge in [0.05, 0.1) is 12.7 Å². The fourth-order valence-corrected chi connectivity index (χ4v) is 3.88. The van der Waals surface area contributed by atoms with Crippen molar-refractivity contribution in [3.05, 3.63) is 11.6 Å². The van der Waals surface area contributed by atoms with E-state index in [1.54, 1.807) is 0 Å². The van der Waals surface area contributed by atoms with Gasteiger partial charge in [0.15, 0.2) is 0 Å². The van der Waals surface area contributed by atoms with Gasteiger partial charge in [-0.3, -0.25) is 0 Å². The van der Waals surface area contributed by atoms with Crippen LogP contribution in [0.5, 0.6) is 0 Å². The van der Waals surface area contributed by atoms with Gasteiger partial charge in [0.25, 0.3) is 0 Å². The number of allylic oxidation sites excluding steroid dienone is 1. The van der Waals surface area contributed by atoms with Gasteiger partial charge in [-0.1, -0.05) is 26.8 Å². The first-order chi connectivity index (χ1) is 7.99. The van der Waals surface area contributed by atoms with Crippen LogP contribution in [0.2, 0.25) is 0 Å². The molecule has 2 aliphatic carbocycles. The lowest BCUT2D eigenvalue weighted by Crippen LogP contribution is -2.36. The molecule has 0 heterocycles. The van der Waals surface area contributed by atoms with Crippen LogP contribution < -0.4 is 0 Å². The number of fused-ring (bicyclic) bond motifs is 1. The summed E-state index contributed by atoms with van der Waals surface area (Å²) >= 11 is 0. The zero-order valence-electron chi connectivity index (χ0n) is 11.3. The van der Waals surface area contributed by atoms with E-state index in [9.17, 15) is 10.2 Å². The molecule has 2 rings (SSSR count). The summed E-state index contributed by atoms with van der Waals surface area (Å²) < 4.78 is 0. The lowest BCUT2D eigenvalue weighted by molar-refractivity contribution is 0.0109. The van der Waals surface area contributed by atoms with E-state index in [1.165, 1.54) is 6.42 Å². The molecule has 0 amide bonds. The van der Waals surface area contributed by atoms with E-state index < -0.39 is 0 Å². The summed E-state index contributed by atoms with van der Waals surface area (Å²) in [5.41, 5.74) is 1.16. The Morgan fingerprint density at radius 1 is 1.41 bits per heavy atom. The van der Waals surface area contributed by atoms with Crippen LogP contribution in [-0.2, 0) is 0 Å². The fraction of sp³-hybridized carbons (Fsp3) is 0.867. The molecule has 1 fully saturated rings. The zero-order chi connectivity index (χ0) is 12.6. The highest BCUT2D eigenvalue weighted by molar-refractivity contribution is 5.16. The summed E-state index contributed by atoms with van der Waals surface area (Å²) in [7, 11) is 0. The van der Waals surface area contributed by atoms with Crippen LogP contribution in [0.4, 0.5) is 0 Å². The molecule has 0 radical (unpaired) electrons. The van der Waals surface area contributed by atoms with Crippen LogP contribution >= 0.6 is 0 Å². The smallest absolute Gasteiger partial charge is 0.0641 e. The van der Waals surface area contributed by atoms with Crippen molar-refractivity contribution in [1.29, 1.82) is 0 Å². The number of hydrogen-bond acceptors (Lipinski definition) is 2. The third-order valence-electron chi connectivity index (χ3n) is 5.21. The summed E-state index contributed by atoms with van der Waals surface area (Å²) in [5.74, 6) is 1.76. The highest BCUT2D eigenvalue weighted by Gasteiger charge is 2.49. The summed E-state index contributed by atoms with van der Waals surface area (Å²) in [4.78, 5) is 0. The number of rotatable bonds is 2. The van der Waals surface area contributed by atoms with Gasteiger partial charge in [-0.25, -0.2) is 0 Å². The van der Waals surface area contributed by atoms with Gasteiger partial charge in [0, 0.05) is 5.41 Å². The summed E-state index contributed by atoms with van der Waals surface area (Å²) in [5, 5.41) is 19.8. The second-order valence-electron chi connectivity index (χ2n) is 6.52. The lowest BCUT2D eigenvalue weighted by atomic mass is 9.71. The molecule has 1 saturated carbocycles. The summed E-state index contributed by atoms with van der Waals surface area (Å²) in [6, 6.07) is 0. The lowest BCUT2D eigenvalue weighted by Gasteiger charge is -2.36. The first-order valence-corrected chi connectivity index (χ1v) is 6.97. The van der Waals surface area contributed by atoms with Crippen molar-refractivity contribution in [2.75, 3.05) is 6.61 Å². The molecule has 0 bridgehead atoms. The number of aliphatic hydroxyl groups is 2. The molecule has 0 aromatic rings. The monoisotopic (exact) mass is 238 g/mol. The van der Waals surface area contributed by atoms with Crippen LogP contribution in [0.1, 0.15) is 46.5 Å². The van der Waals surface area contributed by atoms with Gasteiger partial charge in [-0.2, -0.15) is 0 Å². The Hall–Kier alpha value is -0.340. The Labute approximate surface area is 105 Å². The Morgan fingerprint density at radius 3 is 2.71 bits per heavy atom. The van der Waals surface area contributed by atoms with E-state index in [-0.39, 0.29) is 18.1 Å². The second kappa shape index (κ2) is 4.74. The van der Waals surface area contributed by atoms with Crippen molar-refractivity contribution in [1.82, 2.24) is 0 Å². The van der Waals surface area contributed by atoms with Crippen molar-refractivity contribution in [3.8, 4) is 0 Å². The second-order valence-corrected chi connectivity index (χ2v) is 6.52.